The number of rotatable bonds is 6. The van der Waals surface area contributed by atoms with Crippen LogP contribution >= 0.6 is 0 Å². The van der Waals surface area contributed by atoms with E-state index >= 15 is 0 Å². The maximum absolute atomic E-state index is 5.82. The number of nitrogens with zero attached hydrogens (tertiary/aromatic N) is 1. The van der Waals surface area contributed by atoms with Crippen molar-refractivity contribution < 1.29 is 4.74 Å². The summed E-state index contributed by atoms with van der Waals surface area (Å²) in [5.41, 5.74) is 2.34. The van der Waals surface area contributed by atoms with E-state index in [1.54, 1.807) is 0 Å². The van der Waals surface area contributed by atoms with Gasteiger partial charge in [-0.2, -0.15) is 0 Å². The summed E-state index contributed by atoms with van der Waals surface area (Å²) in [5.74, 6) is 1.24. The van der Waals surface area contributed by atoms with Gasteiger partial charge in [-0.15, -0.1) is 0 Å². The SMILES string of the molecule is Cc1nc(OC(C)C(C)C)ccc1CNC1CC1. The van der Waals surface area contributed by atoms with Crippen LogP contribution < -0.4 is 10.1 Å². The van der Waals surface area contributed by atoms with Crippen molar-refractivity contribution in [2.24, 2.45) is 5.92 Å². The van der Waals surface area contributed by atoms with Crippen LogP contribution in [0.3, 0.4) is 0 Å². The second-order valence-electron chi connectivity index (χ2n) is 5.62. The maximum atomic E-state index is 5.82. The Kier molecular flexibility index (Phi) is 4.23. The van der Waals surface area contributed by atoms with Crippen LogP contribution in [0.2, 0.25) is 0 Å². The number of hydrogen-bond donors (Lipinski definition) is 1. The zero-order valence-corrected chi connectivity index (χ0v) is 11.9. The van der Waals surface area contributed by atoms with Crippen LogP contribution in [0.5, 0.6) is 5.88 Å². The third kappa shape index (κ3) is 3.70. The Morgan fingerprint density at radius 2 is 2.06 bits per heavy atom. The van der Waals surface area contributed by atoms with Gasteiger partial charge in [0, 0.05) is 24.3 Å². The van der Waals surface area contributed by atoms with Gasteiger partial charge in [-0.25, -0.2) is 4.98 Å². The molecule has 0 bridgehead atoms. The number of aryl methyl sites for hydroxylation is 1. The van der Waals surface area contributed by atoms with Crippen molar-refractivity contribution in [1.29, 1.82) is 0 Å². The van der Waals surface area contributed by atoms with Crippen molar-refractivity contribution >= 4 is 0 Å². The molecule has 0 radical (unpaired) electrons. The van der Waals surface area contributed by atoms with Gasteiger partial charge >= 0.3 is 0 Å². The van der Waals surface area contributed by atoms with Gasteiger partial charge in [0.2, 0.25) is 5.88 Å². The van der Waals surface area contributed by atoms with Gasteiger partial charge in [-0.05, 0) is 38.2 Å². The first-order chi connectivity index (χ1) is 8.56. The Balaban J connectivity index is 1.95. The molecule has 0 saturated heterocycles. The predicted octanol–water partition coefficient (Wildman–Crippen LogP) is 3.07. The highest BCUT2D eigenvalue weighted by Crippen LogP contribution is 2.21. The number of ether oxygens (including phenoxy) is 1. The van der Waals surface area contributed by atoms with E-state index in [1.807, 2.05) is 6.07 Å². The highest BCUT2D eigenvalue weighted by molar-refractivity contribution is 5.25. The monoisotopic (exact) mass is 248 g/mol. The molecule has 1 atom stereocenters. The molecular formula is C15H24N2O. The normalized spacial score (nSPS) is 16.9. The number of aromatic nitrogens is 1. The molecule has 1 aromatic heterocycles. The lowest BCUT2D eigenvalue weighted by Crippen LogP contribution is -2.20. The van der Waals surface area contributed by atoms with Crippen LogP contribution in [0.15, 0.2) is 12.1 Å². The van der Waals surface area contributed by atoms with E-state index in [4.69, 9.17) is 4.74 Å². The highest BCUT2D eigenvalue weighted by atomic mass is 16.5. The predicted molar refractivity (Wildman–Crippen MR) is 73.8 cm³/mol. The smallest absolute Gasteiger partial charge is 0.213 e. The van der Waals surface area contributed by atoms with Crippen LogP contribution in [0.1, 0.15) is 44.9 Å². The lowest BCUT2D eigenvalue weighted by Gasteiger charge is -2.18. The lowest BCUT2D eigenvalue weighted by molar-refractivity contribution is 0.163. The summed E-state index contributed by atoms with van der Waals surface area (Å²) in [7, 11) is 0. The van der Waals surface area contributed by atoms with Gasteiger partial charge in [0.25, 0.3) is 0 Å². The molecule has 18 heavy (non-hydrogen) atoms. The first-order valence-corrected chi connectivity index (χ1v) is 6.93. The minimum Gasteiger partial charge on any atom is -0.474 e. The molecule has 3 heteroatoms. The van der Waals surface area contributed by atoms with Crippen LogP contribution in [-0.2, 0) is 6.54 Å². The Morgan fingerprint density at radius 1 is 1.33 bits per heavy atom. The van der Waals surface area contributed by atoms with E-state index in [0.29, 0.717) is 5.92 Å². The fraction of sp³-hybridized carbons (Fsp3) is 0.667. The fourth-order valence-electron chi connectivity index (χ4n) is 1.69. The number of nitrogens with one attached hydrogen (secondary N) is 1. The van der Waals surface area contributed by atoms with Gasteiger partial charge in [0.1, 0.15) is 0 Å². The molecule has 2 rings (SSSR count). The van der Waals surface area contributed by atoms with Gasteiger partial charge < -0.3 is 10.1 Å². The van der Waals surface area contributed by atoms with Crippen LogP contribution in [0.25, 0.3) is 0 Å². The molecule has 1 aromatic rings. The quantitative estimate of drug-likeness (QED) is 0.840. The lowest BCUT2D eigenvalue weighted by atomic mass is 10.1. The molecule has 0 aliphatic heterocycles. The number of hydrogen-bond acceptors (Lipinski definition) is 3. The largest absolute Gasteiger partial charge is 0.474 e. The first-order valence-electron chi connectivity index (χ1n) is 6.93. The second kappa shape index (κ2) is 5.70. The second-order valence-corrected chi connectivity index (χ2v) is 5.62. The topological polar surface area (TPSA) is 34.1 Å². The molecule has 3 nitrogen and oxygen atoms in total. The van der Waals surface area contributed by atoms with Crippen LogP contribution in [-0.4, -0.2) is 17.1 Å². The Hall–Kier alpha value is -1.09. The molecule has 1 N–H and O–H groups in total. The van der Waals surface area contributed by atoms with Crippen molar-refractivity contribution in [1.82, 2.24) is 10.3 Å². The minimum atomic E-state index is 0.201. The van der Waals surface area contributed by atoms with Gasteiger partial charge in [0.05, 0.1) is 6.10 Å². The molecule has 1 heterocycles. The molecule has 0 amide bonds. The molecule has 1 fully saturated rings. The van der Waals surface area contributed by atoms with Crippen molar-refractivity contribution in [3.8, 4) is 5.88 Å². The zero-order valence-electron chi connectivity index (χ0n) is 11.9. The average Bonchev–Trinajstić information content (AvgIpc) is 3.11. The molecular weight excluding hydrogens is 224 g/mol. The third-order valence-corrected chi connectivity index (χ3v) is 3.57. The van der Waals surface area contributed by atoms with Gasteiger partial charge in [-0.1, -0.05) is 19.9 Å². The van der Waals surface area contributed by atoms with E-state index in [2.05, 4.69) is 44.1 Å². The average molecular weight is 248 g/mol. The summed E-state index contributed by atoms with van der Waals surface area (Å²) in [6.45, 7) is 9.38. The van der Waals surface area contributed by atoms with E-state index in [1.165, 1.54) is 18.4 Å². The van der Waals surface area contributed by atoms with Gasteiger partial charge in [-0.3, -0.25) is 0 Å². The van der Waals surface area contributed by atoms with Crippen molar-refractivity contribution in [3.63, 3.8) is 0 Å². The summed E-state index contributed by atoms with van der Waals surface area (Å²) in [5, 5.41) is 3.51. The fourth-order valence-corrected chi connectivity index (χ4v) is 1.69. The summed E-state index contributed by atoms with van der Waals surface area (Å²) < 4.78 is 5.82. The summed E-state index contributed by atoms with van der Waals surface area (Å²) in [6, 6.07) is 4.84. The van der Waals surface area contributed by atoms with Crippen molar-refractivity contribution in [2.45, 2.75) is 59.2 Å². The Morgan fingerprint density at radius 3 is 2.61 bits per heavy atom. The van der Waals surface area contributed by atoms with Crippen molar-refractivity contribution in [2.75, 3.05) is 0 Å². The van der Waals surface area contributed by atoms with E-state index in [-0.39, 0.29) is 6.10 Å². The summed E-state index contributed by atoms with van der Waals surface area (Å²) >= 11 is 0. The first kappa shape index (κ1) is 13.3. The molecule has 1 aliphatic carbocycles. The number of pyridine rings is 1. The van der Waals surface area contributed by atoms with Crippen molar-refractivity contribution in [3.05, 3.63) is 23.4 Å². The van der Waals surface area contributed by atoms with Gasteiger partial charge in [0.15, 0.2) is 0 Å². The van der Waals surface area contributed by atoms with E-state index in [0.717, 1.165) is 24.2 Å². The Labute approximate surface area is 110 Å². The molecule has 100 valence electrons. The third-order valence-electron chi connectivity index (χ3n) is 3.57. The summed E-state index contributed by atoms with van der Waals surface area (Å²) in [4.78, 5) is 4.53. The molecule has 1 unspecified atom stereocenters. The molecule has 1 saturated carbocycles. The standard InChI is InChI=1S/C15H24N2O/c1-10(2)12(4)18-15-8-5-13(11(3)17-15)9-16-14-6-7-14/h5,8,10,12,14,16H,6-7,9H2,1-4H3. The van der Waals surface area contributed by atoms with Crippen LogP contribution in [0.4, 0.5) is 0 Å². The Bertz CT molecular complexity index is 399. The van der Waals surface area contributed by atoms with Crippen LogP contribution in [0, 0.1) is 12.8 Å². The molecule has 0 aromatic carbocycles. The highest BCUT2D eigenvalue weighted by Gasteiger charge is 2.20. The maximum Gasteiger partial charge on any atom is 0.213 e. The molecule has 0 spiro atoms. The summed E-state index contributed by atoms with van der Waals surface area (Å²) in [6.07, 6.45) is 2.84. The van der Waals surface area contributed by atoms with E-state index in [9.17, 15) is 0 Å². The van der Waals surface area contributed by atoms with E-state index < -0.39 is 0 Å². The minimum absolute atomic E-state index is 0.201. The molecule has 1 aliphatic rings. The zero-order chi connectivity index (χ0) is 13.1.